The molecule has 0 fully saturated rings. The normalized spacial score (nSPS) is 9.88. The molecular weight excluding hydrogens is 202 g/mol. The lowest BCUT2D eigenvalue weighted by molar-refractivity contribution is -0.115. The van der Waals surface area contributed by atoms with Gasteiger partial charge >= 0.3 is 0 Å². The summed E-state index contributed by atoms with van der Waals surface area (Å²) in [4.78, 5) is 11.5. The Hall–Kier alpha value is -1.84. The van der Waals surface area contributed by atoms with Crippen molar-refractivity contribution in [2.75, 3.05) is 5.32 Å². The van der Waals surface area contributed by atoms with Gasteiger partial charge in [-0.1, -0.05) is 25.1 Å². The summed E-state index contributed by atoms with van der Waals surface area (Å²) < 4.78 is 0. The zero-order valence-corrected chi connectivity index (χ0v) is 9.63. The van der Waals surface area contributed by atoms with Crippen LogP contribution in [-0.4, -0.2) is 11.7 Å². The van der Waals surface area contributed by atoms with E-state index in [0.29, 0.717) is 0 Å². The molecular formula is C12H17N3O. The summed E-state index contributed by atoms with van der Waals surface area (Å²) in [6.07, 6.45) is 0.800. The Morgan fingerprint density at radius 3 is 2.75 bits per heavy atom. The third-order valence-corrected chi connectivity index (χ3v) is 2.36. The van der Waals surface area contributed by atoms with Gasteiger partial charge in [-0.05, 0) is 24.5 Å². The molecule has 1 aromatic carbocycles. The molecule has 0 aromatic heterocycles. The Bertz CT molecular complexity index is 413. The second-order valence-electron chi connectivity index (χ2n) is 3.71. The summed E-state index contributed by atoms with van der Waals surface area (Å²) >= 11 is 0. The van der Waals surface area contributed by atoms with Crippen LogP contribution >= 0.6 is 0 Å². The summed E-state index contributed by atoms with van der Waals surface area (Å²) in [5.41, 5.74) is 8.14. The first-order valence-electron chi connectivity index (χ1n) is 5.25. The molecule has 4 nitrogen and oxygen atoms in total. The highest BCUT2D eigenvalue weighted by Crippen LogP contribution is 2.21. The Labute approximate surface area is 95.4 Å². The van der Waals surface area contributed by atoms with Crippen LogP contribution in [0.15, 0.2) is 18.2 Å². The molecule has 0 bridgehead atoms. The highest BCUT2D eigenvalue weighted by Gasteiger charge is 2.09. The van der Waals surface area contributed by atoms with Crippen molar-refractivity contribution in [1.29, 1.82) is 5.41 Å². The third kappa shape index (κ3) is 3.08. The average molecular weight is 219 g/mol. The molecule has 0 radical (unpaired) electrons. The van der Waals surface area contributed by atoms with Crippen molar-refractivity contribution in [1.82, 2.24) is 0 Å². The van der Waals surface area contributed by atoms with E-state index in [1.807, 2.05) is 32.0 Å². The molecule has 4 N–H and O–H groups in total. The van der Waals surface area contributed by atoms with Crippen LogP contribution in [0.25, 0.3) is 0 Å². The van der Waals surface area contributed by atoms with E-state index in [1.165, 1.54) is 0 Å². The van der Waals surface area contributed by atoms with Gasteiger partial charge in [0.1, 0.15) is 5.84 Å². The molecule has 0 atom stereocenters. The minimum Gasteiger partial charge on any atom is -0.387 e. The zero-order chi connectivity index (χ0) is 12.1. The van der Waals surface area contributed by atoms with E-state index in [0.717, 1.165) is 23.2 Å². The third-order valence-electron chi connectivity index (χ3n) is 2.36. The SMILES string of the molecule is CCc1cccc(C)c1NC(=O)CC(=N)N. The number of benzene rings is 1. The molecule has 0 aliphatic rings. The van der Waals surface area contributed by atoms with Crippen molar-refractivity contribution in [3.05, 3.63) is 29.3 Å². The van der Waals surface area contributed by atoms with Crippen LogP contribution in [0.3, 0.4) is 0 Å². The summed E-state index contributed by atoms with van der Waals surface area (Å²) in [6, 6.07) is 5.90. The highest BCUT2D eigenvalue weighted by molar-refractivity contribution is 6.04. The van der Waals surface area contributed by atoms with E-state index in [-0.39, 0.29) is 18.2 Å². The summed E-state index contributed by atoms with van der Waals surface area (Å²) in [5.74, 6) is -0.361. The Morgan fingerprint density at radius 1 is 1.50 bits per heavy atom. The highest BCUT2D eigenvalue weighted by atomic mass is 16.1. The van der Waals surface area contributed by atoms with Crippen molar-refractivity contribution in [3.63, 3.8) is 0 Å². The number of aryl methyl sites for hydroxylation is 2. The topological polar surface area (TPSA) is 79.0 Å². The Kier molecular flexibility index (Phi) is 4.05. The molecule has 1 rings (SSSR count). The van der Waals surface area contributed by atoms with E-state index >= 15 is 0 Å². The summed E-state index contributed by atoms with van der Waals surface area (Å²) in [7, 11) is 0. The quantitative estimate of drug-likeness (QED) is 0.533. The number of amidine groups is 1. The number of rotatable bonds is 4. The average Bonchev–Trinajstić information content (AvgIpc) is 2.20. The first-order valence-corrected chi connectivity index (χ1v) is 5.25. The summed E-state index contributed by atoms with van der Waals surface area (Å²) in [5, 5.41) is 9.86. The van der Waals surface area contributed by atoms with E-state index in [2.05, 4.69) is 5.32 Å². The number of anilines is 1. The van der Waals surface area contributed by atoms with Crippen molar-refractivity contribution in [2.45, 2.75) is 26.7 Å². The van der Waals surface area contributed by atoms with Crippen LogP contribution in [0.1, 0.15) is 24.5 Å². The summed E-state index contributed by atoms with van der Waals surface area (Å²) in [6.45, 7) is 3.98. The van der Waals surface area contributed by atoms with E-state index in [1.54, 1.807) is 0 Å². The standard InChI is InChI=1S/C12H17N3O/c1-3-9-6-4-5-8(2)12(9)15-11(16)7-10(13)14/h4-6H,3,7H2,1-2H3,(H3,13,14)(H,15,16). The van der Waals surface area contributed by atoms with Gasteiger partial charge in [0.25, 0.3) is 0 Å². The molecule has 0 aliphatic carbocycles. The lowest BCUT2D eigenvalue weighted by Crippen LogP contribution is -2.21. The molecule has 0 saturated carbocycles. The van der Waals surface area contributed by atoms with Crippen LogP contribution in [0.4, 0.5) is 5.69 Å². The zero-order valence-electron chi connectivity index (χ0n) is 9.63. The molecule has 4 heteroatoms. The van der Waals surface area contributed by atoms with Gasteiger partial charge in [0, 0.05) is 5.69 Å². The Morgan fingerprint density at radius 2 is 2.19 bits per heavy atom. The van der Waals surface area contributed by atoms with Gasteiger partial charge < -0.3 is 11.1 Å². The molecule has 16 heavy (non-hydrogen) atoms. The van der Waals surface area contributed by atoms with Gasteiger partial charge in [-0.25, -0.2) is 0 Å². The fourth-order valence-corrected chi connectivity index (χ4v) is 1.56. The van der Waals surface area contributed by atoms with Gasteiger partial charge in [-0.3, -0.25) is 10.2 Å². The molecule has 1 aromatic rings. The van der Waals surface area contributed by atoms with Crippen LogP contribution in [-0.2, 0) is 11.2 Å². The Balaban J connectivity index is 2.87. The fraction of sp³-hybridized carbons (Fsp3) is 0.333. The number of carbonyl (C=O) groups is 1. The van der Waals surface area contributed by atoms with E-state index in [9.17, 15) is 4.79 Å². The number of para-hydroxylation sites is 1. The maximum absolute atomic E-state index is 11.5. The monoisotopic (exact) mass is 219 g/mol. The van der Waals surface area contributed by atoms with Gasteiger partial charge in [0.05, 0.1) is 6.42 Å². The second-order valence-corrected chi connectivity index (χ2v) is 3.71. The number of nitrogens with one attached hydrogen (secondary N) is 2. The van der Waals surface area contributed by atoms with Crippen molar-refractivity contribution >= 4 is 17.4 Å². The number of hydrogen-bond donors (Lipinski definition) is 3. The molecule has 0 aliphatic heterocycles. The lowest BCUT2D eigenvalue weighted by atomic mass is 10.1. The number of carbonyl (C=O) groups excluding carboxylic acids is 1. The maximum atomic E-state index is 11.5. The minimum absolute atomic E-state index is 0.0580. The minimum atomic E-state index is -0.239. The fourth-order valence-electron chi connectivity index (χ4n) is 1.56. The molecule has 1 amide bonds. The van der Waals surface area contributed by atoms with Crippen molar-refractivity contribution in [3.8, 4) is 0 Å². The first-order chi connectivity index (χ1) is 7.54. The van der Waals surface area contributed by atoms with Crippen LogP contribution < -0.4 is 11.1 Å². The van der Waals surface area contributed by atoms with E-state index in [4.69, 9.17) is 11.1 Å². The van der Waals surface area contributed by atoms with Crippen molar-refractivity contribution in [2.24, 2.45) is 5.73 Å². The first kappa shape index (κ1) is 12.2. The van der Waals surface area contributed by atoms with Gasteiger partial charge in [-0.15, -0.1) is 0 Å². The molecule has 0 spiro atoms. The van der Waals surface area contributed by atoms with Gasteiger partial charge in [-0.2, -0.15) is 0 Å². The molecule has 86 valence electrons. The van der Waals surface area contributed by atoms with Crippen LogP contribution in [0.2, 0.25) is 0 Å². The van der Waals surface area contributed by atoms with Gasteiger partial charge in [0.15, 0.2) is 0 Å². The number of nitrogens with two attached hydrogens (primary N) is 1. The van der Waals surface area contributed by atoms with Gasteiger partial charge in [0.2, 0.25) is 5.91 Å². The number of hydrogen-bond acceptors (Lipinski definition) is 2. The molecule has 0 unspecified atom stereocenters. The van der Waals surface area contributed by atoms with Crippen LogP contribution in [0, 0.1) is 12.3 Å². The smallest absolute Gasteiger partial charge is 0.231 e. The van der Waals surface area contributed by atoms with Crippen molar-refractivity contribution < 1.29 is 4.79 Å². The predicted molar refractivity (Wildman–Crippen MR) is 65.7 cm³/mol. The number of amides is 1. The molecule has 0 heterocycles. The molecule has 0 saturated heterocycles. The lowest BCUT2D eigenvalue weighted by Gasteiger charge is -2.12. The second kappa shape index (κ2) is 5.30. The van der Waals surface area contributed by atoms with Crippen LogP contribution in [0.5, 0.6) is 0 Å². The maximum Gasteiger partial charge on any atom is 0.231 e. The predicted octanol–water partition coefficient (Wildman–Crippen LogP) is 1.82. The van der Waals surface area contributed by atoms with E-state index < -0.39 is 0 Å². The largest absolute Gasteiger partial charge is 0.387 e.